The van der Waals surface area contributed by atoms with Crippen LogP contribution in [0.5, 0.6) is 0 Å². The van der Waals surface area contributed by atoms with Gasteiger partial charge in [0.05, 0.1) is 6.04 Å². The minimum Gasteiger partial charge on any atom is -0.444 e. The predicted molar refractivity (Wildman–Crippen MR) is 185 cm³/mol. The number of alkyl carbamates (subject to hydrolysis) is 1. The number of hydrogen-bond acceptors (Lipinski definition) is 8. The van der Waals surface area contributed by atoms with Gasteiger partial charge in [-0.3, -0.25) is 28.8 Å². The zero-order valence-electron chi connectivity index (χ0n) is 29.9. The Morgan fingerprint density at radius 2 is 1.54 bits per heavy atom. The highest BCUT2D eigenvalue weighted by molar-refractivity contribution is 6.38. The smallest absolute Gasteiger partial charge is 0.408 e. The number of primary amides is 1. The van der Waals surface area contributed by atoms with E-state index in [-0.39, 0.29) is 36.4 Å². The van der Waals surface area contributed by atoms with Gasteiger partial charge in [-0.15, -0.1) is 0 Å². The third-order valence-electron chi connectivity index (χ3n) is 10.0. The molecule has 2 aliphatic carbocycles. The number of Topliss-reactive ketones (excluding diaryl/α,β-unsaturated/α-hetero) is 3. The molecule has 1 unspecified atom stereocenters. The largest absolute Gasteiger partial charge is 0.444 e. The van der Waals surface area contributed by atoms with E-state index in [0.29, 0.717) is 31.4 Å². The molecule has 4 amide bonds. The fourth-order valence-corrected chi connectivity index (χ4v) is 7.19. The van der Waals surface area contributed by atoms with Gasteiger partial charge in [0.1, 0.15) is 17.7 Å². The molecule has 1 aromatic rings. The first kappa shape index (κ1) is 38.7. The van der Waals surface area contributed by atoms with Gasteiger partial charge >= 0.3 is 6.09 Å². The predicted octanol–water partition coefficient (Wildman–Crippen LogP) is 4.33. The van der Waals surface area contributed by atoms with Crippen molar-refractivity contribution in [2.45, 2.75) is 128 Å². The van der Waals surface area contributed by atoms with Crippen LogP contribution < -0.4 is 16.4 Å². The van der Waals surface area contributed by atoms with Crippen molar-refractivity contribution in [3.8, 4) is 0 Å². The Kier molecular flexibility index (Phi) is 13.3. The first-order valence-corrected chi connectivity index (χ1v) is 18.2. The van der Waals surface area contributed by atoms with Crippen LogP contribution in [0.3, 0.4) is 0 Å². The molecule has 12 nitrogen and oxygen atoms in total. The number of nitrogens with two attached hydrogens (primary N) is 1. The second-order valence-corrected chi connectivity index (χ2v) is 15.4. The Balaban J connectivity index is 1.41. The van der Waals surface area contributed by atoms with Gasteiger partial charge in [0.15, 0.2) is 11.6 Å². The van der Waals surface area contributed by atoms with E-state index in [4.69, 9.17) is 10.5 Å². The van der Waals surface area contributed by atoms with E-state index >= 15 is 0 Å². The van der Waals surface area contributed by atoms with Crippen LogP contribution in [-0.4, -0.2) is 70.3 Å². The van der Waals surface area contributed by atoms with Crippen molar-refractivity contribution in [2.75, 3.05) is 6.54 Å². The second-order valence-electron chi connectivity index (χ2n) is 15.4. The minimum absolute atomic E-state index is 0.0768. The molecule has 0 bridgehead atoms. The van der Waals surface area contributed by atoms with E-state index in [1.165, 1.54) is 6.92 Å². The number of amides is 4. The average molecular weight is 695 g/mol. The maximum atomic E-state index is 14.1. The van der Waals surface area contributed by atoms with E-state index in [0.717, 1.165) is 44.9 Å². The molecular weight excluding hydrogens is 640 g/mol. The highest BCUT2D eigenvalue weighted by Gasteiger charge is 2.43. The molecule has 1 saturated heterocycles. The van der Waals surface area contributed by atoms with Crippen molar-refractivity contribution in [3.05, 3.63) is 35.9 Å². The standard InChI is InChI=1S/C38H54N4O8/c1-23(35(47)40-31(34(39)46)25-12-7-5-8-13-25)20-30(44)33(45)27(21-24-17-18-24)22-29(43)28-16-11-19-42(28)36(48)32(26-14-9-6-10-15-26)41-37(49)50-38(2,3)4/h5,7-8,12-13,23-24,26-28,31-32H,6,9-11,14-22H2,1-4H3,(H2,39,46)(H,40,47)(H,41,49)/t23-,27?,28+,31+,32+/m1/s1. The van der Waals surface area contributed by atoms with E-state index in [1.54, 1.807) is 56.0 Å². The lowest BCUT2D eigenvalue weighted by Gasteiger charge is -2.35. The summed E-state index contributed by atoms with van der Waals surface area (Å²) in [4.78, 5) is 94.3. The fraction of sp³-hybridized carbons (Fsp3) is 0.658. The molecule has 2 saturated carbocycles. The normalized spacial score (nSPS) is 20.6. The number of carbonyl (C=O) groups is 7. The van der Waals surface area contributed by atoms with Gasteiger partial charge < -0.3 is 26.0 Å². The molecular formula is C38H54N4O8. The highest BCUT2D eigenvalue weighted by Crippen LogP contribution is 2.38. The summed E-state index contributed by atoms with van der Waals surface area (Å²) < 4.78 is 5.48. The van der Waals surface area contributed by atoms with E-state index in [2.05, 4.69) is 10.6 Å². The van der Waals surface area contributed by atoms with E-state index < -0.39 is 65.0 Å². The van der Waals surface area contributed by atoms with E-state index in [9.17, 15) is 33.6 Å². The number of hydrogen-bond donors (Lipinski definition) is 3. The SMILES string of the molecule is C[C@H](CC(=O)C(=O)C(CC(=O)[C@@H]1CCCN1C(=O)[C@@H](NC(=O)OC(C)(C)C)C1CCCCC1)CC1CC1)C(=O)N[C@H](C(N)=O)c1ccccc1. The Labute approximate surface area is 295 Å². The number of benzene rings is 1. The van der Waals surface area contributed by atoms with Crippen LogP contribution in [0, 0.1) is 23.7 Å². The summed E-state index contributed by atoms with van der Waals surface area (Å²) in [6, 6.07) is 5.82. The fourth-order valence-electron chi connectivity index (χ4n) is 7.19. The minimum atomic E-state index is -1.09. The second kappa shape index (κ2) is 17.2. The van der Waals surface area contributed by atoms with E-state index in [1.807, 2.05) is 0 Å². The van der Waals surface area contributed by atoms with Gasteiger partial charge in [-0.25, -0.2) is 4.79 Å². The summed E-state index contributed by atoms with van der Waals surface area (Å²) in [5.74, 6) is -5.01. The number of ketones is 3. The van der Waals surface area contributed by atoms with Crippen LogP contribution in [0.15, 0.2) is 30.3 Å². The third kappa shape index (κ3) is 11.0. The molecule has 1 heterocycles. The molecule has 3 aliphatic rings. The number of nitrogens with one attached hydrogen (secondary N) is 2. The van der Waals surface area contributed by atoms with Gasteiger partial charge in [-0.2, -0.15) is 0 Å². The van der Waals surface area contributed by atoms with Crippen LogP contribution in [-0.2, 0) is 33.5 Å². The van der Waals surface area contributed by atoms with Crippen LogP contribution in [0.1, 0.15) is 116 Å². The van der Waals surface area contributed by atoms with Crippen molar-refractivity contribution in [1.82, 2.24) is 15.5 Å². The van der Waals surface area contributed by atoms with Crippen molar-refractivity contribution in [3.63, 3.8) is 0 Å². The lowest BCUT2D eigenvalue weighted by Crippen LogP contribution is -2.55. The summed E-state index contributed by atoms with van der Waals surface area (Å²) in [7, 11) is 0. The first-order valence-electron chi connectivity index (χ1n) is 18.2. The van der Waals surface area contributed by atoms with Crippen LogP contribution in [0.25, 0.3) is 0 Å². The molecule has 274 valence electrons. The molecule has 1 aliphatic heterocycles. The molecule has 50 heavy (non-hydrogen) atoms. The van der Waals surface area contributed by atoms with Crippen LogP contribution in [0.4, 0.5) is 4.79 Å². The van der Waals surface area contributed by atoms with Gasteiger partial charge in [-0.05, 0) is 70.3 Å². The summed E-state index contributed by atoms with van der Waals surface area (Å²) >= 11 is 0. The number of ether oxygens (including phenoxy) is 1. The first-order chi connectivity index (χ1) is 23.6. The van der Waals surface area contributed by atoms with Gasteiger partial charge in [-0.1, -0.05) is 69.4 Å². The molecule has 12 heteroatoms. The number of nitrogens with zero attached hydrogens (tertiary/aromatic N) is 1. The Morgan fingerprint density at radius 3 is 2.14 bits per heavy atom. The molecule has 5 atom stereocenters. The topological polar surface area (TPSA) is 182 Å². The third-order valence-corrected chi connectivity index (χ3v) is 10.0. The molecule has 3 fully saturated rings. The Morgan fingerprint density at radius 1 is 0.880 bits per heavy atom. The molecule has 1 aromatic carbocycles. The van der Waals surface area contributed by atoms with Crippen LogP contribution in [0.2, 0.25) is 0 Å². The summed E-state index contributed by atoms with van der Waals surface area (Å²) in [6.45, 7) is 7.12. The molecule has 4 rings (SSSR count). The number of carbonyl (C=O) groups excluding carboxylic acids is 7. The molecule has 0 spiro atoms. The van der Waals surface area contributed by atoms with Crippen molar-refractivity contribution < 1.29 is 38.3 Å². The Bertz CT molecular complexity index is 1410. The summed E-state index contributed by atoms with van der Waals surface area (Å²) in [6.07, 6.45) is 6.54. The lowest BCUT2D eigenvalue weighted by molar-refractivity contribution is -0.143. The lowest BCUT2D eigenvalue weighted by atomic mass is 9.83. The Hall–Kier alpha value is -4.09. The molecule has 0 radical (unpaired) electrons. The average Bonchev–Trinajstić information content (AvgIpc) is 3.75. The number of rotatable bonds is 16. The maximum absolute atomic E-state index is 14.1. The van der Waals surface area contributed by atoms with Gasteiger partial charge in [0, 0.05) is 31.2 Å². The van der Waals surface area contributed by atoms with Gasteiger partial charge in [0.2, 0.25) is 23.5 Å². The zero-order chi connectivity index (χ0) is 36.6. The summed E-state index contributed by atoms with van der Waals surface area (Å²) in [5, 5.41) is 5.41. The van der Waals surface area contributed by atoms with Crippen molar-refractivity contribution in [1.29, 1.82) is 0 Å². The quantitative estimate of drug-likeness (QED) is 0.214. The molecule has 4 N–H and O–H groups in total. The zero-order valence-corrected chi connectivity index (χ0v) is 29.9. The van der Waals surface area contributed by atoms with Crippen molar-refractivity contribution in [2.24, 2.45) is 29.4 Å². The highest BCUT2D eigenvalue weighted by atomic mass is 16.6. The maximum Gasteiger partial charge on any atom is 0.408 e. The van der Waals surface area contributed by atoms with Crippen molar-refractivity contribution >= 4 is 41.2 Å². The number of likely N-dealkylation sites (tertiary alicyclic amines) is 1. The van der Waals surface area contributed by atoms with Gasteiger partial charge in [0.25, 0.3) is 0 Å². The molecule has 0 aromatic heterocycles. The van der Waals surface area contributed by atoms with Crippen LogP contribution >= 0.6 is 0 Å². The summed E-state index contributed by atoms with van der Waals surface area (Å²) in [5.41, 5.74) is 5.28. The monoisotopic (exact) mass is 694 g/mol.